The van der Waals surface area contributed by atoms with E-state index in [0.717, 1.165) is 17.7 Å². The van der Waals surface area contributed by atoms with Crippen LogP contribution < -0.4 is 16.8 Å². The van der Waals surface area contributed by atoms with E-state index in [-0.39, 0.29) is 17.5 Å². The van der Waals surface area contributed by atoms with Gasteiger partial charge < -0.3 is 16.8 Å². The highest BCUT2D eigenvalue weighted by molar-refractivity contribution is 6.12. The lowest BCUT2D eigenvalue weighted by Crippen LogP contribution is -2.20. The van der Waals surface area contributed by atoms with Crippen molar-refractivity contribution in [2.75, 3.05) is 17.6 Å². The third-order valence-corrected chi connectivity index (χ3v) is 4.34. The molecule has 3 aromatic rings. The maximum atomic E-state index is 13.0. The van der Waals surface area contributed by atoms with Crippen molar-refractivity contribution in [2.45, 2.75) is 26.3 Å². The van der Waals surface area contributed by atoms with E-state index in [9.17, 15) is 4.79 Å². The number of aryl methyl sites for hydroxylation is 1. The predicted molar refractivity (Wildman–Crippen MR) is 109 cm³/mol. The number of nitrogens with one attached hydrogen (secondary N) is 1. The van der Waals surface area contributed by atoms with Gasteiger partial charge in [-0.05, 0) is 32.4 Å². The SMILES string of the molecule is Cc1ccc(C(=O)c2nn(-c3ccccc3)c(NCCC(C)N)c2N)cc1. The Balaban J connectivity index is 2.00. The topological polar surface area (TPSA) is 99.0 Å². The van der Waals surface area contributed by atoms with Gasteiger partial charge in [-0.1, -0.05) is 48.0 Å². The molecule has 0 bridgehead atoms. The van der Waals surface area contributed by atoms with E-state index in [1.54, 1.807) is 16.8 Å². The number of hydrogen-bond donors (Lipinski definition) is 3. The highest BCUT2D eigenvalue weighted by Gasteiger charge is 2.23. The molecule has 2 aromatic carbocycles. The van der Waals surface area contributed by atoms with Crippen LogP contribution in [0.25, 0.3) is 5.69 Å². The number of carbonyl (C=O) groups is 1. The van der Waals surface area contributed by atoms with Gasteiger partial charge in [0.25, 0.3) is 0 Å². The van der Waals surface area contributed by atoms with Crippen LogP contribution in [0.2, 0.25) is 0 Å². The van der Waals surface area contributed by atoms with Gasteiger partial charge in [0.2, 0.25) is 5.78 Å². The van der Waals surface area contributed by atoms with Gasteiger partial charge in [0, 0.05) is 18.2 Å². The average Bonchev–Trinajstić information content (AvgIpc) is 2.99. The molecule has 1 aromatic heterocycles. The zero-order chi connectivity index (χ0) is 19.4. The third kappa shape index (κ3) is 4.17. The van der Waals surface area contributed by atoms with E-state index in [1.807, 2.05) is 56.3 Å². The maximum Gasteiger partial charge on any atom is 0.215 e. The maximum absolute atomic E-state index is 13.0. The molecule has 3 rings (SSSR count). The Morgan fingerprint density at radius 3 is 2.44 bits per heavy atom. The summed E-state index contributed by atoms with van der Waals surface area (Å²) >= 11 is 0. The zero-order valence-corrected chi connectivity index (χ0v) is 15.6. The van der Waals surface area contributed by atoms with Gasteiger partial charge in [-0.25, -0.2) is 4.68 Å². The van der Waals surface area contributed by atoms with Gasteiger partial charge in [-0.2, -0.15) is 5.10 Å². The van der Waals surface area contributed by atoms with Crippen LogP contribution >= 0.6 is 0 Å². The van der Waals surface area contributed by atoms with Crippen LogP contribution in [0.1, 0.15) is 35.0 Å². The Morgan fingerprint density at radius 2 is 1.81 bits per heavy atom. The molecule has 140 valence electrons. The first-order valence-corrected chi connectivity index (χ1v) is 9.02. The number of nitrogens with zero attached hydrogens (tertiary/aromatic N) is 2. The van der Waals surface area contributed by atoms with Gasteiger partial charge in [0.05, 0.1) is 5.69 Å². The van der Waals surface area contributed by atoms with Crippen molar-refractivity contribution in [1.82, 2.24) is 9.78 Å². The van der Waals surface area contributed by atoms with Crippen molar-refractivity contribution in [3.05, 3.63) is 71.4 Å². The first kappa shape index (κ1) is 18.7. The number of nitrogen functional groups attached to an aromatic ring is 1. The monoisotopic (exact) mass is 363 g/mol. The fourth-order valence-corrected chi connectivity index (χ4v) is 2.78. The van der Waals surface area contributed by atoms with Crippen molar-refractivity contribution in [1.29, 1.82) is 0 Å². The van der Waals surface area contributed by atoms with Gasteiger partial charge >= 0.3 is 0 Å². The number of rotatable bonds is 7. The van der Waals surface area contributed by atoms with E-state index >= 15 is 0 Å². The number of nitrogens with two attached hydrogens (primary N) is 2. The van der Waals surface area contributed by atoms with E-state index in [1.165, 1.54) is 0 Å². The summed E-state index contributed by atoms with van der Waals surface area (Å²) in [5.74, 6) is 0.412. The number of ketones is 1. The summed E-state index contributed by atoms with van der Waals surface area (Å²) < 4.78 is 1.68. The van der Waals surface area contributed by atoms with Crippen LogP contribution in [0.4, 0.5) is 11.5 Å². The molecule has 5 N–H and O–H groups in total. The molecule has 0 aliphatic rings. The molecule has 1 atom stereocenters. The Labute approximate surface area is 159 Å². The molecule has 6 nitrogen and oxygen atoms in total. The van der Waals surface area contributed by atoms with E-state index in [4.69, 9.17) is 11.5 Å². The van der Waals surface area contributed by atoms with Crippen molar-refractivity contribution < 1.29 is 4.79 Å². The molecule has 1 heterocycles. The minimum Gasteiger partial charge on any atom is -0.394 e. The van der Waals surface area contributed by atoms with Crippen LogP contribution in [0.3, 0.4) is 0 Å². The van der Waals surface area contributed by atoms with Crippen LogP contribution in [0, 0.1) is 6.92 Å². The summed E-state index contributed by atoms with van der Waals surface area (Å²) in [4.78, 5) is 13.0. The number of hydrogen-bond acceptors (Lipinski definition) is 5. The lowest BCUT2D eigenvalue weighted by atomic mass is 10.1. The largest absolute Gasteiger partial charge is 0.394 e. The molecular weight excluding hydrogens is 338 g/mol. The van der Waals surface area contributed by atoms with Crippen LogP contribution in [0.5, 0.6) is 0 Å². The van der Waals surface area contributed by atoms with E-state index in [0.29, 0.717) is 23.6 Å². The van der Waals surface area contributed by atoms with Crippen LogP contribution in [-0.4, -0.2) is 28.2 Å². The molecule has 0 fully saturated rings. The molecular formula is C21H25N5O. The van der Waals surface area contributed by atoms with Gasteiger partial charge in [-0.15, -0.1) is 0 Å². The standard InChI is InChI=1S/C21H25N5O/c1-14-8-10-16(11-9-14)20(27)19-18(23)21(24-13-12-15(2)22)26(25-19)17-6-4-3-5-7-17/h3-11,15,24H,12-13,22-23H2,1-2H3. The summed E-state index contributed by atoms with van der Waals surface area (Å²) in [5, 5.41) is 7.82. The van der Waals surface area contributed by atoms with Gasteiger partial charge in [0.1, 0.15) is 5.69 Å². The Morgan fingerprint density at radius 1 is 1.15 bits per heavy atom. The molecule has 0 aliphatic heterocycles. The zero-order valence-electron chi connectivity index (χ0n) is 15.6. The van der Waals surface area contributed by atoms with Gasteiger partial charge in [0.15, 0.2) is 11.5 Å². The lowest BCUT2D eigenvalue weighted by molar-refractivity contribution is 0.103. The van der Waals surface area contributed by atoms with Crippen molar-refractivity contribution >= 4 is 17.3 Å². The Hall–Kier alpha value is -3.12. The summed E-state index contributed by atoms with van der Waals surface area (Å²) in [6.07, 6.45) is 0.778. The molecule has 0 amide bonds. The molecule has 0 saturated heterocycles. The minimum atomic E-state index is -0.197. The molecule has 0 aliphatic carbocycles. The minimum absolute atomic E-state index is 0.0699. The van der Waals surface area contributed by atoms with Crippen molar-refractivity contribution in [2.24, 2.45) is 5.73 Å². The second-order valence-corrected chi connectivity index (χ2v) is 6.75. The Bertz CT molecular complexity index is 914. The molecule has 6 heteroatoms. The van der Waals surface area contributed by atoms with E-state index in [2.05, 4.69) is 10.4 Å². The second kappa shape index (κ2) is 8.05. The summed E-state index contributed by atoms with van der Waals surface area (Å²) in [5.41, 5.74) is 15.2. The third-order valence-electron chi connectivity index (χ3n) is 4.34. The molecule has 0 spiro atoms. The Kier molecular flexibility index (Phi) is 5.57. The van der Waals surface area contributed by atoms with E-state index < -0.39 is 0 Å². The average molecular weight is 363 g/mol. The van der Waals surface area contributed by atoms with Crippen molar-refractivity contribution in [3.8, 4) is 5.69 Å². The number of aromatic nitrogens is 2. The lowest BCUT2D eigenvalue weighted by Gasteiger charge is -2.11. The van der Waals surface area contributed by atoms with Crippen LogP contribution in [-0.2, 0) is 0 Å². The summed E-state index contributed by atoms with van der Waals surface area (Å²) in [6, 6.07) is 17.1. The molecule has 0 radical (unpaired) electrons. The first-order valence-electron chi connectivity index (χ1n) is 9.02. The highest BCUT2D eigenvalue weighted by atomic mass is 16.1. The normalized spacial score (nSPS) is 12.0. The molecule has 27 heavy (non-hydrogen) atoms. The summed E-state index contributed by atoms with van der Waals surface area (Å²) in [6.45, 7) is 4.57. The smallest absolute Gasteiger partial charge is 0.215 e. The summed E-state index contributed by atoms with van der Waals surface area (Å²) in [7, 11) is 0. The van der Waals surface area contributed by atoms with Crippen LogP contribution in [0.15, 0.2) is 54.6 Å². The fraction of sp³-hybridized carbons (Fsp3) is 0.238. The molecule has 1 unspecified atom stereocenters. The van der Waals surface area contributed by atoms with Crippen molar-refractivity contribution in [3.63, 3.8) is 0 Å². The number of carbonyl (C=O) groups excluding carboxylic acids is 1. The number of anilines is 2. The number of benzene rings is 2. The first-order chi connectivity index (χ1) is 13.0. The number of para-hydroxylation sites is 1. The van der Waals surface area contributed by atoms with Gasteiger partial charge in [-0.3, -0.25) is 4.79 Å². The quantitative estimate of drug-likeness (QED) is 0.560. The fourth-order valence-electron chi connectivity index (χ4n) is 2.78. The second-order valence-electron chi connectivity index (χ2n) is 6.75. The highest BCUT2D eigenvalue weighted by Crippen LogP contribution is 2.28. The molecule has 0 saturated carbocycles. The predicted octanol–water partition coefficient (Wildman–Crippen LogP) is 3.14.